The number of methoxy groups -OCH3 is 1. The van der Waals surface area contributed by atoms with E-state index in [2.05, 4.69) is 24.8 Å². The maximum Gasteiger partial charge on any atom is 0.239 e. The fraction of sp³-hybridized carbons (Fsp3) is 0.611. The Bertz CT molecular complexity index is 511. The van der Waals surface area contributed by atoms with E-state index in [9.17, 15) is 4.79 Å². The molecule has 1 saturated heterocycles. The summed E-state index contributed by atoms with van der Waals surface area (Å²) in [5, 5.41) is 0. The first-order valence-electron chi connectivity index (χ1n) is 8.40. The average Bonchev–Trinajstić information content (AvgIpc) is 2.55. The predicted octanol–water partition coefficient (Wildman–Crippen LogP) is 1.71. The van der Waals surface area contributed by atoms with Crippen molar-refractivity contribution in [1.29, 1.82) is 0 Å². The number of hydrogen-bond donors (Lipinski definition) is 1. The number of benzene rings is 1. The average molecular weight is 319 g/mol. The van der Waals surface area contributed by atoms with E-state index in [-0.39, 0.29) is 11.9 Å². The summed E-state index contributed by atoms with van der Waals surface area (Å²) in [6.45, 7) is 8.29. The molecular weight excluding hydrogens is 290 g/mol. The summed E-state index contributed by atoms with van der Waals surface area (Å²) in [4.78, 5) is 16.6. The molecule has 1 aliphatic rings. The molecule has 5 nitrogen and oxygen atoms in total. The smallest absolute Gasteiger partial charge is 0.239 e. The van der Waals surface area contributed by atoms with Crippen molar-refractivity contribution >= 4 is 5.91 Å². The first-order chi connectivity index (χ1) is 11.0. The SMILES string of the molecule is COc1ccccc1CN1CCN(C(=O)[C@@H](N)CC(C)C)CC1. The summed E-state index contributed by atoms with van der Waals surface area (Å²) >= 11 is 0. The van der Waals surface area contributed by atoms with Gasteiger partial charge in [-0.3, -0.25) is 9.69 Å². The molecule has 1 heterocycles. The highest BCUT2D eigenvalue weighted by Gasteiger charge is 2.25. The largest absolute Gasteiger partial charge is 0.496 e. The van der Waals surface area contributed by atoms with Gasteiger partial charge in [0.25, 0.3) is 0 Å². The first-order valence-corrected chi connectivity index (χ1v) is 8.40. The number of nitrogens with two attached hydrogens (primary N) is 1. The molecular formula is C18H29N3O2. The van der Waals surface area contributed by atoms with E-state index in [1.54, 1.807) is 7.11 Å². The molecule has 0 aromatic heterocycles. The van der Waals surface area contributed by atoms with Crippen molar-refractivity contribution in [2.24, 2.45) is 11.7 Å². The van der Waals surface area contributed by atoms with E-state index in [0.29, 0.717) is 5.92 Å². The number of para-hydroxylation sites is 1. The minimum atomic E-state index is -0.365. The van der Waals surface area contributed by atoms with Crippen molar-refractivity contribution in [3.8, 4) is 5.75 Å². The van der Waals surface area contributed by atoms with Gasteiger partial charge in [0, 0.05) is 38.3 Å². The van der Waals surface area contributed by atoms with Gasteiger partial charge >= 0.3 is 0 Å². The number of carbonyl (C=O) groups excluding carboxylic acids is 1. The van der Waals surface area contributed by atoms with Crippen LogP contribution in [-0.2, 0) is 11.3 Å². The van der Waals surface area contributed by atoms with Crippen molar-refractivity contribution in [2.75, 3.05) is 33.3 Å². The zero-order chi connectivity index (χ0) is 16.8. The number of carbonyl (C=O) groups is 1. The highest BCUT2D eigenvalue weighted by molar-refractivity contribution is 5.81. The van der Waals surface area contributed by atoms with E-state index in [4.69, 9.17) is 10.5 Å². The molecule has 2 N–H and O–H groups in total. The lowest BCUT2D eigenvalue weighted by molar-refractivity contribution is -0.134. The molecule has 0 saturated carbocycles. The molecule has 0 bridgehead atoms. The van der Waals surface area contributed by atoms with Gasteiger partial charge < -0.3 is 15.4 Å². The normalized spacial score (nSPS) is 17.3. The number of hydrogen-bond acceptors (Lipinski definition) is 4. The third-order valence-electron chi connectivity index (χ3n) is 4.31. The number of rotatable bonds is 6. The van der Waals surface area contributed by atoms with Crippen molar-refractivity contribution in [3.05, 3.63) is 29.8 Å². The fourth-order valence-corrected chi connectivity index (χ4v) is 3.04. The molecule has 23 heavy (non-hydrogen) atoms. The van der Waals surface area contributed by atoms with Crippen LogP contribution in [0.4, 0.5) is 0 Å². The number of nitrogens with zero attached hydrogens (tertiary/aromatic N) is 2. The first kappa shape index (κ1) is 17.8. The maximum atomic E-state index is 12.4. The zero-order valence-electron chi connectivity index (χ0n) is 14.5. The molecule has 0 unspecified atom stereocenters. The molecule has 0 spiro atoms. The van der Waals surface area contributed by atoms with Crippen LogP contribution in [0.3, 0.4) is 0 Å². The van der Waals surface area contributed by atoms with Gasteiger partial charge in [0.15, 0.2) is 0 Å². The summed E-state index contributed by atoms with van der Waals surface area (Å²) in [5.41, 5.74) is 7.21. The van der Waals surface area contributed by atoms with E-state index in [0.717, 1.165) is 44.9 Å². The molecule has 1 fully saturated rings. The van der Waals surface area contributed by atoms with Crippen LogP contribution in [0, 0.1) is 5.92 Å². The molecule has 2 rings (SSSR count). The van der Waals surface area contributed by atoms with Crippen LogP contribution < -0.4 is 10.5 Å². The number of ether oxygens (including phenoxy) is 1. The van der Waals surface area contributed by atoms with E-state index >= 15 is 0 Å². The standard InChI is InChI=1S/C18H29N3O2/c1-14(2)12-16(19)18(22)21-10-8-20(9-11-21)13-15-6-4-5-7-17(15)23-3/h4-7,14,16H,8-13,19H2,1-3H3/t16-/m0/s1. The maximum absolute atomic E-state index is 12.4. The van der Waals surface area contributed by atoms with Crippen LogP contribution >= 0.6 is 0 Å². The van der Waals surface area contributed by atoms with Crippen LogP contribution in [0.25, 0.3) is 0 Å². The minimum Gasteiger partial charge on any atom is -0.496 e. The molecule has 1 aromatic rings. The van der Waals surface area contributed by atoms with Gasteiger partial charge in [0.2, 0.25) is 5.91 Å². The second kappa shape index (κ2) is 8.31. The molecule has 1 atom stereocenters. The van der Waals surface area contributed by atoms with Gasteiger partial charge in [-0.2, -0.15) is 0 Å². The monoisotopic (exact) mass is 319 g/mol. The Balaban J connectivity index is 1.85. The van der Waals surface area contributed by atoms with Crippen LogP contribution in [-0.4, -0.2) is 55.0 Å². The fourth-order valence-electron chi connectivity index (χ4n) is 3.04. The third-order valence-corrected chi connectivity index (χ3v) is 4.31. The Morgan fingerprint density at radius 2 is 1.87 bits per heavy atom. The minimum absolute atomic E-state index is 0.0932. The van der Waals surface area contributed by atoms with Crippen LogP contribution in [0.1, 0.15) is 25.8 Å². The zero-order valence-corrected chi connectivity index (χ0v) is 14.5. The second-order valence-electron chi connectivity index (χ2n) is 6.65. The lowest BCUT2D eigenvalue weighted by Gasteiger charge is -2.36. The number of piperazine rings is 1. The van der Waals surface area contributed by atoms with E-state index in [1.165, 1.54) is 5.56 Å². The van der Waals surface area contributed by atoms with Crippen molar-refractivity contribution in [1.82, 2.24) is 9.80 Å². The van der Waals surface area contributed by atoms with Crippen LogP contribution in [0.15, 0.2) is 24.3 Å². The van der Waals surface area contributed by atoms with Gasteiger partial charge in [0.05, 0.1) is 13.2 Å². The Labute approximate surface area is 139 Å². The van der Waals surface area contributed by atoms with E-state index in [1.807, 2.05) is 23.1 Å². The Hall–Kier alpha value is -1.59. The molecule has 128 valence electrons. The lowest BCUT2D eigenvalue weighted by atomic mass is 10.0. The second-order valence-corrected chi connectivity index (χ2v) is 6.65. The molecule has 1 amide bonds. The number of amides is 1. The van der Waals surface area contributed by atoms with Gasteiger partial charge in [-0.05, 0) is 18.4 Å². The quantitative estimate of drug-likeness (QED) is 0.867. The summed E-state index contributed by atoms with van der Waals surface area (Å²) in [7, 11) is 1.70. The van der Waals surface area contributed by atoms with Crippen LogP contribution in [0.5, 0.6) is 5.75 Å². The molecule has 1 aliphatic heterocycles. The molecule has 0 aliphatic carbocycles. The Morgan fingerprint density at radius 1 is 1.22 bits per heavy atom. The van der Waals surface area contributed by atoms with Crippen LogP contribution in [0.2, 0.25) is 0 Å². The summed E-state index contributed by atoms with van der Waals surface area (Å²) in [5.74, 6) is 1.46. The van der Waals surface area contributed by atoms with Gasteiger partial charge in [0.1, 0.15) is 5.75 Å². The topological polar surface area (TPSA) is 58.8 Å². The van der Waals surface area contributed by atoms with Crippen molar-refractivity contribution in [3.63, 3.8) is 0 Å². The third kappa shape index (κ3) is 4.94. The van der Waals surface area contributed by atoms with Gasteiger partial charge in [-0.1, -0.05) is 32.0 Å². The summed E-state index contributed by atoms with van der Waals surface area (Å²) in [6.07, 6.45) is 0.750. The van der Waals surface area contributed by atoms with Gasteiger partial charge in [-0.25, -0.2) is 0 Å². The van der Waals surface area contributed by atoms with Crippen molar-refractivity contribution in [2.45, 2.75) is 32.9 Å². The molecule has 1 aromatic carbocycles. The van der Waals surface area contributed by atoms with E-state index < -0.39 is 0 Å². The predicted molar refractivity (Wildman–Crippen MR) is 92.3 cm³/mol. The summed E-state index contributed by atoms with van der Waals surface area (Å²) in [6, 6.07) is 7.72. The lowest BCUT2D eigenvalue weighted by Crippen LogP contribution is -2.53. The highest BCUT2D eigenvalue weighted by atomic mass is 16.5. The Kier molecular flexibility index (Phi) is 6.42. The summed E-state index contributed by atoms with van der Waals surface area (Å²) < 4.78 is 5.41. The Morgan fingerprint density at radius 3 is 2.48 bits per heavy atom. The van der Waals surface area contributed by atoms with Crippen molar-refractivity contribution < 1.29 is 9.53 Å². The van der Waals surface area contributed by atoms with Gasteiger partial charge in [-0.15, -0.1) is 0 Å². The molecule has 5 heteroatoms. The molecule has 0 radical (unpaired) electrons. The highest BCUT2D eigenvalue weighted by Crippen LogP contribution is 2.20.